The van der Waals surface area contributed by atoms with Gasteiger partial charge in [0, 0.05) is 5.75 Å². The molecule has 0 aromatic heterocycles. The monoisotopic (exact) mass is 374 g/mol. The molecule has 0 radical (unpaired) electrons. The highest BCUT2D eigenvalue weighted by Gasteiger charge is 2.00. The Morgan fingerprint density at radius 1 is 0.625 bits per heavy atom. The van der Waals surface area contributed by atoms with Gasteiger partial charge in [0.15, 0.2) is 5.12 Å². The molecule has 0 rings (SSSR count). The lowest BCUT2D eigenvalue weighted by Gasteiger charge is -2.03. The summed E-state index contributed by atoms with van der Waals surface area (Å²) in [5.41, 5.74) is 0. The Morgan fingerprint density at radius 2 is 1.00 bits per heavy atom. The highest BCUT2D eigenvalue weighted by atomic mass is 32.2. The van der Waals surface area contributed by atoms with Gasteiger partial charge in [0.05, 0.1) is 5.75 Å². The van der Waals surface area contributed by atoms with Gasteiger partial charge in [-0.2, -0.15) is 11.8 Å². The molecule has 0 aromatic carbocycles. The Balaban J connectivity index is 3.01. The molecule has 24 heavy (non-hydrogen) atoms. The molecule has 0 aliphatic heterocycles. The maximum absolute atomic E-state index is 11.3. The van der Waals surface area contributed by atoms with E-state index in [9.17, 15) is 4.79 Å². The molecule has 0 bridgehead atoms. The van der Waals surface area contributed by atoms with E-state index in [4.69, 9.17) is 0 Å². The van der Waals surface area contributed by atoms with Crippen LogP contribution < -0.4 is 0 Å². The van der Waals surface area contributed by atoms with Crippen LogP contribution in [0.25, 0.3) is 0 Å². The summed E-state index contributed by atoms with van der Waals surface area (Å²) < 4.78 is 0. The van der Waals surface area contributed by atoms with Gasteiger partial charge in [0.2, 0.25) is 0 Å². The van der Waals surface area contributed by atoms with E-state index in [1.54, 1.807) is 11.8 Å². The maximum atomic E-state index is 11.3. The lowest BCUT2D eigenvalue weighted by Crippen LogP contribution is -1.96. The largest absolute Gasteiger partial charge is 0.286 e. The van der Waals surface area contributed by atoms with Crippen molar-refractivity contribution in [1.29, 1.82) is 0 Å². The van der Waals surface area contributed by atoms with Crippen LogP contribution >= 0.6 is 23.5 Å². The van der Waals surface area contributed by atoms with E-state index in [1.165, 1.54) is 114 Å². The van der Waals surface area contributed by atoms with Crippen molar-refractivity contribution in [2.45, 2.75) is 110 Å². The summed E-state index contributed by atoms with van der Waals surface area (Å²) >= 11 is 3.16. The van der Waals surface area contributed by atoms with Crippen LogP contribution in [-0.2, 0) is 4.79 Å². The molecule has 0 N–H and O–H groups in total. The molecule has 0 saturated carbocycles. The molecular formula is C21H42OS2. The van der Waals surface area contributed by atoms with Crippen molar-refractivity contribution in [2.24, 2.45) is 0 Å². The first-order valence-electron chi connectivity index (χ1n) is 10.5. The third-order valence-corrected chi connectivity index (χ3v) is 6.22. The minimum absolute atomic E-state index is 0.350. The van der Waals surface area contributed by atoms with E-state index in [-0.39, 0.29) is 0 Å². The predicted octanol–water partition coefficient (Wildman–Crippen LogP) is 7.87. The van der Waals surface area contributed by atoms with Crippen LogP contribution in [0, 0.1) is 0 Å². The first kappa shape index (κ1) is 24.4. The molecule has 144 valence electrons. The summed E-state index contributed by atoms with van der Waals surface area (Å²) in [6.07, 6.45) is 24.5. The molecule has 0 heterocycles. The normalized spacial score (nSPS) is 11.1. The van der Waals surface area contributed by atoms with Gasteiger partial charge in [-0.05, 0) is 12.7 Å². The number of rotatable bonds is 19. The van der Waals surface area contributed by atoms with E-state index in [0.29, 0.717) is 10.9 Å². The number of unbranched alkanes of at least 4 members (excludes halogenated alkanes) is 15. The van der Waals surface area contributed by atoms with Crippen molar-refractivity contribution in [2.75, 3.05) is 17.8 Å². The van der Waals surface area contributed by atoms with Crippen molar-refractivity contribution < 1.29 is 4.79 Å². The van der Waals surface area contributed by atoms with E-state index < -0.39 is 0 Å². The third kappa shape index (κ3) is 20.4. The van der Waals surface area contributed by atoms with Gasteiger partial charge in [0.25, 0.3) is 0 Å². The first-order chi connectivity index (χ1) is 11.8. The average Bonchev–Trinajstić information content (AvgIpc) is 2.58. The van der Waals surface area contributed by atoms with Gasteiger partial charge in [-0.25, -0.2) is 0 Å². The van der Waals surface area contributed by atoms with E-state index in [1.807, 2.05) is 6.26 Å². The third-order valence-electron chi connectivity index (χ3n) is 4.52. The zero-order valence-corrected chi connectivity index (χ0v) is 18.1. The second-order valence-corrected chi connectivity index (χ2v) is 8.98. The Bertz CT molecular complexity index is 256. The van der Waals surface area contributed by atoms with E-state index in [0.717, 1.165) is 5.75 Å². The van der Waals surface area contributed by atoms with Crippen LogP contribution in [-0.4, -0.2) is 22.9 Å². The summed E-state index contributed by atoms with van der Waals surface area (Å²) in [5, 5.41) is 0.350. The van der Waals surface area contributed by atoms with Gasteiger partial charge in [-0.3, -0.25) is 4.79 Å². The van der Waals surface area contributed by atoms with E-state index in [2.05, 4.69) is 6.92 Å². The van der Waals surface area contributed by atoms with Crippen molar-refractivity contribution in [3.63, 3.8) is 0 Å². The Kier molecular flexibility index (Phi) is 21.7. The van der Waals surface area contributed by atoms with Crippen LogP contribution in [0.4, 0.5) is 0 Å². The summed E-state index contributed by atoms with van der Waals surface area (Å²) in [5.74, 6) is 1.70. The molecule has 0 fully saturated rings. The quantitative estimate of drug-likeness (QED) is 0.214. The van der Waals surface area contributed by atoms with E-state index >= 15 is 0 Å². The molecule has 0 aliphatic carbocycles. The molecule has 3 heteroatoms. The summed E-state index contributed by atoms with van der Waals surface area (Å²) in [4.78, 5) is 11.3. The van der Waals surface area contributed by atoms with Crippen molar-refractivity contribution in [1.82, 2.24) is 0 Å². The smallest absolute Gasteiger partial charge is 0.198 e. The van der Waals surface area contributed by atoms with Gasteiger partial charge in [0.1, 0.15) is 0 Å². The fraction of sp³-hybridized carbons (Fsp3) is 0.952. The Hall–Kier alpha value is 0.370. The zero-order valence-electron chi connectivity index (χ0n) is 16.5. The minimum atomic E-state index is 0.350. The molecular weight excluding hydrogens is 332 g/mol. The SMILES string of the molecule is CCCCCCCCCCCCCCCCCCSC(=O)CSC. The number of thioether (sulfide) groups is 2. The molecule has 0 spiro atoms. The second kappa shape index (κ2) is 21.4. The molecule has 0 aliphatic rings. The van der Waals surface area contributed by atoms with Gasteiger partial charge in [-0.15, -0.1) is 0 Å². The van der Waals surface area contributed by atoms with Crippen LogP contribution in [0.1, 0.15) is 110 Å². The predicted molar refractivity (Wildman–Crippen MR) is 115 cm³/mol. The summed E-state index contributed by atoms with van der Waals surface area (Å²) in [6.45, 7) is 2.29. The molecule has 0 amide bonds. The molecule has 0 atom stereocenters. The molecule has 0 unspecified atom stereocenters. The van der Waals surface area contributed by atoms with Crippen LogP contribution in [0.15, 0.2) is 0 Å². The fourth-order valence-corrected chi connectivity index (χ4v) is 4.49. The second-order valence-electron chi connectivity index (χ2n) is 6.96. The highest BCUT2D eigenvalue weighted by molar-refractivity contribution is 8.15. The van der Waals surface area contributed by atoms with Crippen LogP contribution in [0.2, 0.25) is 0 Å². The van der Waals surface area contributed by atoms with Gasteiger partial charge in [-0.1, -0.05) is 115 Å². The van der Waals surface area contributed by atoms with Crippen LogP contribution in [0.3, 0.4) is 0 Å². The van der Waals surface area contributed by atoms with Gasteiger partial charge >= 0.3 is 0 Å². The lowest BCUT2D eigenvalue weighted by atomic mass is 10.0. The molecule has 0 saturated heterocycles. The number of carbonyl (C=O) groups excluding carboxylic acids is 1. The first-order valence-corrected chi connectivity index (χ1v) is 12.8. The van der Waals surface area contributed by atoms with Crippen molar-refractivity contribution in [3.8, 4) is 0 Å². The Labute approximate surface area is 160 Å². The highest BCUT2D eigenvalue weighted by Crippen LogP contribution is 2.15. The minimum Gasteiger partial charge on any atom is -0.286 e. The topological polar surface area (TPSA) is 17.1 Å². The van der Waals surface area contributed by atoms with Crippen LogP contribution in [0.5, 0.6) is 0 Å². The van der Waals surface area contributed by atoms with Gasteiger partial charge < -0.3 is 0 Å². The average molecular weight is 375 g/mol. The lowest BCUT2D eigenvalue weighted by molar-refractivity contribution is -0.108. The number of hydrogen-bond acceptors (Lipinski definition) is 3. The zero-order chi connectivity index (χ0) is 17.7. The fourth-order valence-electron chi connectivity index (χ4n) is 3.00. The summed E-state index contributed by atoms with van der Waals surface area (Å²) in [6, 6.07) is 0. The standard InChI is InChI=1S/C21H42OS2/c1-3-4-5-6-7-8-9-10-11-12-13-14-15-16-17-18-19-24-21(22)20-23-2/h3-20H2,1-2H3. The van der Waals surface area contributed by atoms with Crippen molar-refractivity contribution >= 4 is 28.6 Å². The number of carbonyl (C=O) groups is 1. The molecule has 0 aromatic rings. The molecule has 1 nitrogen and oxygen atoms in total. The summed E-state index contributed by atoms with van der Waals surface area (Å²) in [7, 11) is 0. The number of hydrogen-bond donors (Lipinski definition) is 0. The maximum Gasteiger partial charge on any atom is 0.198 e. The Morgan fingerprint density at radius 3 is 1.38 bits per heavy atom. The van der Waals surface area contributed by atoms with Crippen molar-refractivity contribution in [3.05, 3.63) is 0 Å².